The van der Waals surface area contributed by atoms with E-state index in [9.17, 15) is 14.0 Å². The van der Waals surface area contributed by atoms with Crippen LogP contribution in [-0.4, -0.2) is 23.8 Å². The normalized spacial score (nSPS) is 16.6. The highest BCUT2D eigenvalue weighted by atomic mass is 19.1. The number of likely N-dealkylation sites (N-methyl/N-ethyl adjacent to an activating group) is 1. The van der Waals surface area contributed by atoms with Crippen molar-refractivity contribution >= 4 is 17.9 Å². The van der Waals surface area contributed by atoms with Gasteiger partial charge in [0.25, 0.3) is 11.8 Å². The number of halogens is 1. The molecule has 0 saturated carbocycles. The molecule has 6 heteroatoms. The van der Waals surface area contributed by atoms with E-state index in [-0.39, 0.29) is 17.0 Å². The standard InChI is InChI=1S/C19H13FN2O3/c1-11-15(18(23)22(2)19(24)16(11)10-21)9-14-7-8-17(25-14)12-3-5-13(20)6-4-12/h3-9H,1-2H3/b15-9+. The fourth-order valence-electron chi connectivity index (χ4n) is 2.54. The molecule has 1 aliphatic rings. The maximum atomic E-state index is 13.0. The van der Waals surface area contributed by atoms with Crippen molar-refractivity contribution in [3.8, 4) is 17.4 Å². The minimum Gasteiger partial charge on any atom is -0.457 e. The quantitative estimate of drug-likeness (QED) is 0.623. The minimum atomic E-state index is -0.617. The molecule has 1 aliphatic heterocycles. The van der Waals surface area contributed by atoms with Crippen molar-refractivity contribution < 1.29 is 18.4 Å². The number of hydrogen-bond acceptors (Lipinski definition) is 4. The van der Waals surface area contributed by atoms with Crippen LogP contribution in [0, 0.1) is 17.1 Å². The minimum absolute atomic E-state index is 0.0707. The summed E-state index contributed by atoms with van der Waals surface area (Å²) in [7, 11) is 1.33. The van der Waals surface area contributed by atoms with Gasteiger partial charge in [-0.2, -0.15) is 5.26 Å². The molecule has 0 saturated heterocycles. The van der Waals surface area contributed by atoms with Gasteiger partial charge in [0.2, 0.25) is 0 Å². The van der Waals surface area contributed by atoms with Crippen molar-refractivity contribution in [1.29, 1.82) is 5.26 Å². The van der Waals surface area contributed by atoms with E-state index in [1.807, 2.05) is 6.07 Å². The molecular formula is C19H13FN2O3. The van der Waals surface area contributed by atoms with Gasteiger partial charge in [0.1, 0.15) is 29.0 Å². The highest BCUT2D eigenvalue weighted by Crippen LogP contribution is 2.28. The Bertz CT molecular complexity index is 975. The Hall–Kier alpha value is -3.46. The lowest BCUT2D eigenvalue weighted by Crippen LogP contribution is -2.39. The van der Waals surface area contributed by atoms with E-state index in [4.69, 9.17) is 9.68 Å². The van der Waals surface area contributed by atoms with Gasteiger partial charge in [0, 0.05) is 18.2 Å². The van der Waals surface area contributed by atoms with Crippen molar-refractivity contribution in [2.24, 2.45) is 0 Å². The van der Waals surface area contributed by atoms with Gasteiger partial charge in [-0.3, -0.25) is 14.5 Å². The summed E-state index contributed by atoms with van der Waals surface area (Å²) in [6.07, 6.45) is 1.49. The second kappa shape index (κ2) is 6.21. The second-order valence-electron chi connectivity index (χ2n) is 5.55. The van der Waals surface area contributed by atoms with Crippen LogP contribution < -0.4 is 0 Å². The van der Waals surface area contributed by atoms with Crippen LogP contribution in [0.2, 0.25) is 0 Å². The molecule has 0 fully saturated rings. The summed E-state index contributed by atoms with van der Waals surface area (Å²) < 4.78 is 18.7. The second-order valence-corrected chi connectivity index (χ2v) is 5.55. The van der Waals surface area contributed by atoms with Gasteiger partial charge in [-0.15, -0.1) is 0 Å². The average Bonchev–Trinajstić information content (AvgIpc) is 3.07. The molecule has 0 bridgehead atoms. The summed E-state index contributed by atoms with van der Waals surface area (Å²) in [5, 5.41) is 9.15. The third-order valence-electron chi connectivity index (χ3n) is 3.99. The molecule has 0 atom stereocenters. The van der Waals surface area contributed by atoms with Gasteiger partial charge in [-0.05, 0) is 55.0 Å². The van der Waals surface area contributed by atoms with E-state index < -0.39 is 11.8 Å². The lowest BCUT2D eigenvalue weighted by Gasteiger charge is -2.23. The first-order valence-electron chi connectivity index (χ1n) is 7.43. The Kier molecular flexibility index (Phi) is 4.07. The van der Waals surface area contributed by atoms with E-state index in [1.165, 1.54) is 25.3 Å². The smallest absolute Gasteiger partial charge is 0.271 e. The molecule has 25 heavy (non-hydrogen) atoms. The molecule has 3 rings (SSSR count). The molecule has 1 aromatic carbocycles. The third-order valence-corrected chi connectivity index (χ3v) is 3.99. The van der Waals surface area contributed by atoms with Crippen LogP contribution >= 0.6 is 0 Å². The summed E-state index contributed by atoms with van der Waals surface area (Å²) in [4.78, 5) is 25.2. The summed E-state index contributed by atoms with van der Waals surface area (Å²) >= 11 is 0. The first kappa shape index (κ1) is 16.4. The van der Waals surface area contributed by atoms with Crippen LogP contribution in [0.4, 0.5) is 4.39 Å². The number of nitrogens with zero attached hydrogens (tertiary/aromatic N) is 2. The third kappa shape index (κ3) is 2.88. The van der Waals surface area contributed by atoms with Gasteiger partial charge < -0.3 is 4.42 Å². The van der Waals surface area contributed by atoms with E-state index in [2.05, 4.69) is 0 Å². The lowest BCUT2D eigenvalue weighted by molar-refractivity contribution is -0.138. The van der Waals surface area contributed by atoms with Gasteiger partial charge in [0.05, 0.1) is 0 Å². The summed E-state index contributed by atoms with van der Waals surface area (Å²) in [5.41, 5.74) is 1.16. The topological polar surface area (TPSA) is 74.3 Å². The zero-order valence-electron chi connectivity index (χ0n) is 13.5. The molecule has 5 nitrogen and oxygen atoms in total. The van der Waals surface area contributed by atoms with Gasteiger partial charge in [0.15, 0.2) is 0 Å². The molecule has 124 valence electrons. The van der Waals surface area contributed by atoms with Gasteiger partial charge in [-0.1, -0.05) is 0 Å². The van der Waals surface area contributed by atoms with E-state index in [0.717, 1.165) is 4.90 Å². The first-order valence-corrected chi connectivity index (χ1v) is 7.43. The fourth-order valence-corrected chi connectivity index (χ4v) is 2.54. The maximum Gasteiger partial charge on any atom is 0.271 e. The van der Waals surface area contributed by atoms with Crippen LogP contribution in [0.5, 0.6) is 0 Å². The van der Waals surface area contributed by atoms with Crippen molar-refractivity contribution in [1.82, 2.24) is 4.90 Å². The number of carbonyl (C=O) groups is 2. The number of benzene rings is 1. The summed E-state index contributed by atoms with van der Waals surface area (Å²) in [6.45, 7) is 1.55. The molecule has 1 aromatic heterocycles. The van der Waals surface area contributed by atoms with Crippen LogP contribution in [-0.2, 0) is 9.59 Å². The fraction of sp³-hybridized carbons (Fsp3) is 0.105. The Labute approximate surface area is 143 Å². The monoisotopic (exact) mass is 336 g/mol. The van der Waals surface area contributed by atoms with Crippen molar-refractivity contribution in [3.05, 3.63) is 64.7 Å². The first-order chi connectivity index (χ1) is 11.9. The van der Waals surface area contributed by atoms with Crippen LogP contribution in [0.15, 0.2) is 57.5 Å². The van der Waals surface area contributed by atoms with Gasteiger partial charge >= 0.3 is 0 Å². The molecule has 2 amide bonds. The van der Waals surface area contributed by atoms with Crippen molar-refractivity contribution in [3.63, 3.8) is 0 Å². The van der Waals surface area contributed by atoms with E-state index in [1.54, 1.807) is 31.2 Å². The molecule has 0 radical (unpaired) electrons. The number of imide groups is 1. The number of furan rings is 1. The summed E-state index contributed by atoms with van der Waals surface area (Å²) in [6, 6.07) is 11.0. The maximum absolute atomic E-state index is 13.0. The lowest BCUT2D eigenvalue weighted by atomic mass is 9.95. The Morgan fingerprint density at radius 2 is 1.80 bits per heavy atom. The predicted octanol–water partition coefficient (Wildman–Crippen LogP) is 3.31. The highest BCUT2D eigenvalue weighted by Gasteiger charge is 2.33. The molecule has 2 aromatic rings. The molecule has 0 N–H and O–H groups in total. The predicted molar refractivity (Wildman–Crippen MR) is 88.2 cm³/mol. The van der Waals surface area contributed by atoms with E-state index in [0.29, 0.717) is 22.7 Å². The number of amides is 2. The van der Waals surface area contributed by atoms with Crippen LogP contribution in [0.25, 0.3) is 17.4 Å². The molecule has 2 heterocycles. The number of nitriles is 1. The molecule has 0 unspecified atom stereocenters. The SMILES string of the molecule is CC1=C(C#N)C(=O)N(C)C(=O)/C1=C/c1ccc(-c2ccc(F)cc2)o1. The molecule has 0 spiro atoms. The summed E-state index contributed by atoms with van der Waals surface area (Å²) in [5.74, 6) is -0.554. The molecular weight excluding hydrogens is 323 g/mol. The zero-order valence-corrected chi connectivity index (χ0v) is 13.5. The Morgan fingerprint density at radius 1 is 1.12 bits per heavy atom. The number of carbonyl (C=O) groups excluding carboxylic acids is 2. The van der Waals surface area contributed by atoms with Crippen LogP contribution in [0.1, 0.15) is 12.7 Å². The average molecular weight is 336 g/mol. The van der Waals surface area contributed by atoms with Crippen molar-refractivity contribution in [2.75, 3.05) is 7.05 Å². The van der Waals surface area contributed by atoms with Crippen molar-refractivity contribution in [2.45, 2.75) is 6.92 Å². The Morgan fingerprint density at radius 3 is 2.44 bits per heavy atom. The van der Waals surface area contributed by atoms with E-state index >= 15 is 0 Å². The zero-order chi connectivity index (χ0) is 18.1. The van der Waals surface area contributed by atoms with Gasteiger partial charge in [-0.25, -0.2) is 4.39 Å². The number of hydrogen-bond donors (Lipinski definition) is 0. The van der Waals surface area contributed by atoms with Crippen LogP contribution in [0.3, 0.4) is 0 Å². The largest absolute Gasteiger partial charge is 0.457 e. The molecule has 0 aliphatic carbocycles. The highest BCUT2D eigenvalue weighted by molar-refractivity contribution is 6.19. The Balaban J connectivity index is 2.02. The number of rotatable bonds is 2.